The third-order valence-electron chi connectivity index (χ3n) is 5.49. The summed E-state index contributed by atoms with van der Waals surface area (Å²) in [6, 6.07) is -3.78. The van der Waals surface area contributed by atoms with Crippen LogP contribution in [0.4, 0.5) is 0 Å². The maximum absolute atomic E-state index is 12.6. The van der Waals surface area contributed by atoms with E-state index in [1.807, 2.05) is 13.8 Å². The number of nitrogens with one attached hydrogen (secondary N) is 5. The van der Waals surface area contributed by atoms with Crippen LogP contribution in [-0.2, 0) is 33.6 Å². The summed E-state index contributed by atoms with van der Waals surface area (Å²) in [6.45, 7) is 6.74. The molecule has 6 amide bonds. The number of unbranched alkanes of at least 4 members (excludes halogenated alkanes) is 1. The summed E-state index contributed by atoms with van der Waals surface area (Å²) in [5, 5.41) is 10.1. The summed E-state index contributed by atoms with van der Waals surface area (Å²) in [4.78, 5) is 77.0. The zero-order chi connectivity index (χ0) is 30.0. The number of amides is 6. The lowest BCUT2D eigenvalue weighted by Gasteiger charge is -2.23. The number of carbonyl (C=O) groups is 6. The molecule has 0 spiro atoms. The van der Waals surface area contributed by atoms with Gasteiger partial charge in [-0.3, -0.25) is 33.6 Å². The summed E-state index contributed by atoms with van der Waals surface area (Å²) >= 11 is 0. The van der Waals surface area contributed by atoms with E-state index in [1.54, 1.807) is 0 Å². The maximum Gasteiger partial charge on any atom is 0.245 e. The topological polar surface area (TPSA) is 250 Å². The monoisotopic (exact) mass is 558 g/mol. The molecule has 11 N–H and O–H groups in total. The van der Waals surface area contributed by atoms with Gasteiger partial charge in [-0.15, -0.1) is 0 Å². The molecule has 0 aromatic carbocycles. The molecule has 0 saturated heterocycles. The van der Waals surface area contributed by atoms with Gasteiger partial charge in [-0.05, 0) is 51.0 Å². The fraction of sp³-hybridized carbons (Fsp3) is 0.750. The van der Waals surface area contributed by atoms with Gasteiger partial charge < -0.3 is 38.5 Å². The van der Waals surface area contributed by atoms with Crippen molar-refractivity contribution in [3.8, 4) is 0 Å². The van der Waals surface area contributed by atoms with Crippen LogP contribution < -0.4 is 43.9 Å². The Hall–Kier alpha value is -3.30. The normalized spacial score (nSPS) is 14.0. The number of hydrogen-bond donors (Lipinski definition) is 8. The third kappa shape index (κ3) is 17.0. The molecule has 0 aromatic rings. The molecule has 39 heavy (non-hydrogen) atoms. The van der Waals surface area contributed by atoms with E-state index in [0.717, 1.165) is 0 Å². The predicted molar refractivity (Wildman–Crippen MR) is 143 cm³/mol. The second kappa shape index (κ2) is 19.7. The summed E-state index contributed by atoms with van der Waals surface area (Å²) in [7, 11) is 0. The van der Waals surface area contributed by atoms with E-state index >= 15 is 0 Å². The van der Waals surface area contributed by atoms with Crippen LogP contribution >= 0.6 is 0 Å². The molecule has 0 saturated carbocycles. The smallest absolute Gasteiger partial charge is 0.245 e. The van der Waals surface area contributed by atoms with Crippen molar-refractivity contribution < 1.29 is 33.6 Å². The van der Waals surface area contributed by atoms with Crippen molar-refractivity contribution in [3.63, 3.8) is 0 Å². The minimum Gasteiger partial charge on any atom is -0.368 e. The maximum atomic E-state index is 12.6. The first-order valence-corrected chi connectivity index (χ1v) is 13.1. The van der Waals surface area contributed by atoms with Crippen LogP contribution in [0.2, 0.25) is 0 Å². The minimum absolute atomic E-state index is 0.127. The Morgan fingerprint density at radius 3 is 1.64 bits per heavy atom. The molecule has 0 heterocycles. The molecule has 0 radical (unpaired) electrons. The molecule has 0 unspecified atom stereocenters. The first-order valence-electron chi connectivity index (χ1n) is 13.1. The van der Waals surface area contributed by atoms with Crippen LogP contribution in [-0.4, -0.2) is 79.3 Å². The first kappa shape index (κ1) is 35.7. The summed E-state index contributed by atoms with van der Waals surface area (Å²) in [6.07, 6.45) is 2.49. The molecular formula is C24H46N8O7. The van der Waals surface area contributed by atoms with Crippen molar-refractivity contribution in [1.29, 1.82) is 0 Å². The van der Waals surface area contributed by atoms with Gasteiger partial charge in [0.15, 0.2) is 0 Å². The Morgan fingerprint density at radius 2 is 1.18 bits per heavy atom. The first-order chi connectivity index (χ1) is 18.3. The summed E-state index contributed by atoms with van der Waals surface area (Å²) in [5.74, 6) is -3.30. The molecule has 224 valence electrons. The average Bonchev–Trinajstić information content (AvgIpc) is 2.82. The molecule has 0 fully saturated rings. The Balaban J connectivity index is 4.79. The molecule has 0 aliphatic rings. The highest BCUT2D eigenvalue weighted by molar-refractivity contribution is 5.92. The van der Waals surface area contributed by atoms with Crippen LogP contribution in [0.3, 0.4) is 0 Å². The second-order valence-electron chi connectivity index (χ2n) is 9.69. The van der Waals surface area contributed by atoms with Crippen molar-refractivity contribution in [2.45, 2.75) is 90.4 Å². The highest BCUT2D eigenvalue weighted by Gasteiger charge is 2.26. The molecule has 0 rings (SSSR count). The summed E-state index contributed by atoms with van der Waals surface area (Å²) < 4.78 is 0. The van der Waals surface area contributed by atoms with Crippen LogP contribution in [0.15, 0.2) is 0 Å². The average molecular weight is 559 g/mol. The lowest BCUT2D eigenvalue weighted by atomic mass is 10.0. The fourth-order valence-corrected chi connectivity index (χ4v) is 3.58. The number of hydroxylamine groups is 1. The SMILES string of the molecule is CC(=O)N[C@@H](CONCCC[C@H](NC(=O)[C@H](CC(C)C)NC(C)=O)C(N)=O)C(=O)N[C@@H](CCCCN)C(N)=O. The molecule has 0 bridgehead atoms. The van der Waals surface area contributed by atoms with Gasteiger partial charge in [0.1, 0.15) is 24.2 Å². The van der Waals surface area contributed by atoms with Crippen molar-refractivity contribution in [2.75, 3.05) is 19.7 Å². The Labute approximate surface area is 229 Å². The quantitative estimate of drug-likeness (QED) is 0.0543. The van der Waals surface area contributed by atoms with Crippen LogP contribution in [0, 0.1) is 5.92 Å². The van der Waals surface area contributed by atoms with Gasteiger partial charge in [0.2, 0.25) is 35.4 Å². The van der Waals surface area contributed by atoms with Crippen molar-refractivity contribution in [3.05, 3.63) is 0 Å². The van der Waals surface area contributed by atoms with E-state index in [-0.39, 0.29) is 31.4 Å². The zero-order valence-corrected chi connectivity index (χ0v) is 23.3. The van der Waals surface area contributed by atoms with E-state index in [1.165, 1.54) is 13.8 Å². The number of carbonyl (C=O) groups excluding carboxylic acids is 6. The predicted octanol–water partition coefficient (Wildman–Crippen LogP) is -2.59. The highest BCUT2D eigenvalue weighted by Crippen LogP contribution is 2.07. The number of rotatable bonds is 21. The van der Waals surface area contributed by atoms with E-state index in [2.05, 4.69) is 26.7 Å². The molecule has 0 aliphatic heterocycles. The van der Waals surface area contributed by atoms with Crippen molar-refractivity contribution in [1.82, 2.24) is 26.7 Å². The van der Waals surface area contributed by atoms with Crippen LogP contribution in [0.5, 0.6) is 0 Å². The Kier molecular flexibility index (Phi) is 18.1. The molecule has 0 aliphatic carbocycles. The highest BCUT2D eigenvalue weighted by atomic mass is 16.6. The van der Waals surface area contributed by atoms with Crippen molar-refractivity contribution in [2.24, 2.45) is 23.1 Å². The zero-order valence-electron chi connectivity index (χ0n) is 23.3. The second-order valence-corrected chi connectivity index (χ2v) is 9.69. The van der Waals surface area contributed by atoms with E-state index in [4.69, 9.17) is 22.0 Å². The lowest BCUT2D eigenvalue weighted by molar-refractivity contribution is -0.133. The number of primary amides is 2. The number of nitrogens with two attached hydrogens (primary N) is 3. The van der Waals surface area contributed by atoms with E-state index in [0.29, 0.717) is 38.6 Å². The van der Waals surface area contributed by atoms with Gasteiger partial charge in [-0.2, -0.15) is 0 Å². The summed E-state index contributed by atoms with van der Waals surface area (Å²) in [5.41, 5.74) is 18.9. The molecule has 15 heteroatoms. The molecule has 4 atom stereocenters. The standard InChI is InChI=1S/C24H46N8O7/c1-14(2)12-19(29-15(3)33)23(37)31-18(22(27)36)9-7-11-28-39-13-20(30-16(4)34)24(38)32-17(21(26)35)8-5-6-10-25/h14,17-20,28H,5-13,25H2,1-4H3,(H2,26,35)(H2,27,36)(H,29,33)(H,30,34)(H,31,37)(H,32,38)/t17-,18-,19-,20-/m0/s1. The van der Waals surface area contributed by atoms with Gasteiger partial charge in [0.25, 0.3) is 0 Å². The van der Waals surface area contributed by atoms with E-state index in [9.17, 15) is 28.8 Å². The van der Waals surface area contributed by atoms with Crippen LogP contribution in [0.1, 0.15) is 66.2 Å². The van der Waals surface area contributed by atoms with Gasteiger partial charge in [-0.1, -0.05) is 13.8 Å². The largest absolute Gasteiger partial charge is 0.368 e. The Morgan fingerprint density at radius 1 is 0.692 bits per heavy atom. The third-order valence-corrected chi connectivity index (χ3v) is 5.49. The van der Waals surface area contributed by atoms with Gasteiger partial charge >= 0.3 is 0 Å². The number of hydrogen-bond acceptors (Lipinski definition) is 9. The fourth-order valence-electron chi connectivity index (χ4n) is 3.58. The molecule has 0 aromatic heterocycles. The Bertz CT molecular complexity index is 824. The molecular weight excluding hydrogens is 512 g/mol. The molecule has 15 nitrogen and oxygen atoms in total. The van der Waals surface area contributed by atoms with Crippen LogP contribution in [0.25, 0.3) is 0 Å². The lowest BCUT2D eigenvalue weighted by Crippen LogP contribution is -2.54. The van der Waals surface area contributed by atoms with Crippen molar-refractivity contribution >= 4 is 35.4 Å². The van der Waals surface area contributed by atoms with Gasteiger partial charge in [0.05, 0.1) is 6.61 Å². The van der Waals surface area contributed by atoms with E-state index < -0.39 is 53.7 Å². The van der Waals surface area contributed by atoms with Gasteiger partial charge in [0, 0.05) is 20.4 Å². The van der Waals surface area contributed by atoms with Gasteiger partial charge in [-0.25, -0.2) is 5.48 Å². The minimum atomic E-state index is -1.10.